The first-order valence-corrected chi connectivity index (χ1v) is 10.4. The number of hydrogen-bond acceptors (Lipinski definition) is 4. The first-order chi connectivity index (χ1) is 12.7. The second-order valence-corrected chi connectivity index (χ2v) is 6.96. The lowest BCUT2D eigenvalue weighted by Crippen LogP contribution is -2.01. The lowest BCUT2D eigenvalue weighted by Gasteiger charge is -2.09. The lowest BCUT2D eigenvalue weighted by atomic mass is 10.1. The molecule has 1 aromatic rings. The monoisotopic (exact) mass is 363 g/mol. The predicted octanol–water partition coefficient (Wildman–Crippen LogP) is 6.67. The second kappa shape index (κ2) is 14.5. The van der Waals surface area contributed by atoms with E-state index in [-0.39, 0.29) is 5.75 Å². The van der Waals surface area contributed by atoms with Crippen LogP contribution in [0.15, 0.2) is 23.4 Å². The van der Waals surface area contributed by atoms with Crippen LogP contribution in [0.5, 0.6) is 11.5 Å². The first-order valence-electron chi connectivity index (χ1n) is 10.4. The molecule has 26 heavy (non-hydrogen) atoms. The van der Waals surface area contributed by atoms with Gasteiger partial charge in [0.1, 0.15) is 11.5 Å². The van der Waals surface area contributed by atoms with E-state index >= 15 is 0 Å². The minimum atomic E-state index is 0.0936. The normalized spacial score (nSPS) is 11.7. The van der Waals surface area contributed by atoms with Gasteiger partial charge >= 0.3 is 0 Å². The van der Waals surface area contributed by atoms with Crippen LogP contribution in [0.3, 0.4) is 0 Å². The van der Waals surface area contributed by atoms with Gasteiger partial charge < -0.3 is 15.1 Å². The molecule has 0 heterocycles. The molecule has 0 aliphatic carbocycles. The van der Waals surface area contributed by atoms with Crippen LogP contribution in [-0.2, 0) is 0 Å². The molecule has 0 aromatic heterocycles. The maximum Gasteiger partial charge on any atom is 0.128 e. The van der Waals surface area contributed by atoms with E-state index in [1.165, 1.54) is 64.2 Å². The van der Waals surface area contributed by atoms with Gasteiger partial charge in [-0.25, -0.2) is 0 Å². The average Bonchev–Trinajstić information content (AvgIpc) is 2.65. The van der Waals surface area contributed by atoms with Crippen molar-refractivity contribution < 1.29 is 15.1 Å². The Morgan fingerprint density at radius 1 is 0.885 bits per heavy atom. The molecule has 1 aromatic carbocycles. The number of benzene rings is 1. The second-order valence-electron chi connectivity index (χ2n) is 6.96. The summed E-state index contributed by atoms with van der Waals surface area (Å²) in [4.78, 5) is 0. The van der Waals surface area contributed by atoms with Crippen molar-refractivity contribution in [3.05, 3.63) is 23.8 Å². The SMILES string of the molecule is CCCCCCCCCCCCCOc1ccc(/C(CC)=N/O)c(O)c1. The molecule has 1 rings (SSSR count). The van der Waals surface area contributed by atoms with Gasteiger partial charge in [-0.15, -0.1) is 0 Å². The molecule has 0 unspecified atom stereocenters. The van der Waals surface area contributed by atoms with Crippen molar-refractivity contribution in [2.75, 3.05) is 6.61 Å². The summed E-state index contributed by atoms with van der Waals surface area (Å²) in [5.41, 5.74) is 1.02. The van der Waals surface area contributed by atoms with Crippen LogP contribution in [0.2, 0.25) is 0 Å². The van der Waals surface area contributed by atoms with Crippen LogP contribution >= 0.6 is 0 Å². The summed E-state index contributed by atoms with van der Waals surface area (Å²) in [6.45, 7) is 4.81. The number of rotatable bonds is 15. The zero-order valence-electron chi connectivity index (χ0n) is 16.7. The molecule has 2 N–H and O–H groups in total. The molecule has 4 nitrogen and oxygen atoms in total. The van der Waals surface area contributed by atoms with Gasteiger partial charge in [0.15, 0.2) is 0 Å². The van der Waals surface area contributed by atoms with E-state index in [0.29, 0.717) is 30.1 Å². The number of aromatic hydroxyl groups is 1. The number of oxime groups is 1. The molecule has 0 aliphatic rings. The first kappa shape index (κ1) is 22.3. The van der Waals surface area contributed by atoms with E-state index in [9.17, 15) is 5.11 Å². The highest BCUT2D eigenvalue weighted by atomic mass is 16.5. The minimum absolute atomic E-state index is 0.0936. The summed E-state index contributed by atoms with van der Waals surface area (Å²) in [5, 5.41) is 22.2. The summed E-state index contributed by atoms with van der Waals surface area (Å²) in [6, 6.07) is 5.15. The van der Waals surface area contributed by atoms with Gasteiger partial charge in [-0.1, -0.05) is 83.2 Å². The summed E-state index contributed by atoms with van der Waals surface area (Å²) >= 11 is 0. The van der Waals surface area contributed by atoms with Gasteiger partial charge in [-0.3, -0.25) is 0 Å². The van der Waals surface area contributed by atoms with Crippen molar-refractivity contribution in [2.45, 2.75) is 90.9 Å². The zero-order valence-corrected chi connectivity index (χ0v) is 16.7. The largest absolute Gasteiger partial charge is 0.507 e. The van der Waals surface area contributed by atoms with Crippen LogP contribution in [0.25, 0.3) is 0 Å². The van der Waals surface area contributed by atoms with E-state index in [2.05, 4.69) is 12.1 Å². The van der Waals surface area contributed by atoms with Gasteiger partial charge in [0.05, 0.1) is 12.3 Å². The van der Waals surface area contributed by atoms with Gasteiger partial charge in [0.25, 0.3) is 0 Å². The minimum Gasteiger partial charge on any atom is -0.507 e. The Bertz CT molecular complexity index is 514. The highest BCUT2D eigenvalue weighted by Crippen LogP contribution is 2.25. The van der Waals surface area contributed by atoms with Crippen molar-refractivity contribution in [2.24, 2.45) is 5.16 Å². The Hall–Kier alpha value is -1.71. The van der Waals surface area contributed by atoms with Crippen molar-refractivity contribution in [1.29, 1.82) is 0 Å². The Balaban J connectivity index is 2.09. The molecule has 0 aliphatic heterocycles. The van der Waals surface area contributed by atoms with Crippen LogP contribution in [0, 0.1) is 0 Å². The third-order valence-corrected chi connectivity index (χ3v) is 4.75. The summed E-state index contributed by atoms with van der Waals surface area (Å²) in [7, 11) is 0. The highest BCUT2D eigenvalue weighted by Gasteiger charge is 2.09. The summed E-state index contributed by atoms with van der Waals surface area (Å²) in [5.74, 6) is 0.753. The van der Waals surface area contributed by atoms with E-state index in [0.717, 1.165) is 6.42 Å². The number of ether oxygens (including phenoxy) is 1. The highest BCUT2D eigenvalue weighted by molar-refractivity contribution is 6.02. The van der Waals surface area contributed by atoms with E-state index in [1.54, 1.807) is 12.1 Å². The molecule has 0 radical (unpaired) electrons. The molecule has 0 atom stereocenters. The average molecular weight is 364 g/mol. The number of unbranched alkanes of at least 4 members (excludes halogenated alkanes) is 10. The van der Waals surface area contributed by atoms with Crippen molar-refractivity contribution in [3.63, 3.8) is 0 Å². The standard InChI is InChI=1S/C22H37NO3/c1-3-5-6-7-8-9-10-11-12-13-14-17-26-19-15-16-20(22(24)18-19)21(4-2)23-25/h15-16,18,24-25H,3-14,17H2,1-2H3/b23-21+. The van der Waals surface area contributed by atoms with Gasteiger partial charge in [-0.2, -0.15) is 0 Å². The van der Waals surface area contributed by atoms with E-state index in [4.69, 9.17) is 9.94 Å². The van der Waals surface area contributed by atoms with Crippen LogP contribution < -0.4 is 4.74 Å². The Labute approximate surface area is 159 Å². The number of phenols is 1. The van der Waals surface area contributed by atoms with Gasteiger partial charge in [-0.05, 0) is 25.0 Å². The van der Waals surface area contributed by atoms with Gasteiger partial charge in [0, 0.05) is 11.6 Å². The summed E-state index contributed by atoms with van der Waals surface area (Å²) < 4.78 is 5.71. The van der Waals surface area contributed by atoms with Crippen molar-refractivity contribution >= 4 is 5.71 Å². The fraction of sp³-hybridized carbons (Fsp3) is 0.682. The molecule has 0 spiro atoms. The molecule has 0 amide bonds. The molecular formula is C22H37NO3. The summed E-state index contributed by atoms with van der Waals surface area (Å²) in [6.07, 6.45) is 15.0. The van der Waals surface area contributed by atoms with E-state index in [1.807, 2.05) is 13.0 Å². The number of hydrogen-bond donors (Lipinski definition) is 2. The molecule has 4 heteroatoms. The lowest BCUT2D eigenvalue weighted by molar-refractivity contribution is 0.302. The smallest absolute Gasteiger partial charge is 0.128 e. The van der Waals surface area contributed by atoms with Crippen LogP contribution in [0.1, 0.15) is 96.5 Å². The zero-order chi connectivity index (χ0) is 19.0. The third-order valence-electron chi connectivity index (χ3n) is 4.75. The third kappa shape index (κ3) is 9.12. The maximum atomic E-state index is 10.0. The van der Waals surface area contributed by atoms with Crippen LogP contribution in [0.4, 0.5) is 0 Å². The Morgan fingerprint density at radius 3 is 1.96 bits per heavy atom. The van der Waals surface area contributed by atoms with Gasteiger partial charge in [0.2, 0.25) is 0 Å². The molecular weight excluding hydrogens is 326 g/mol. The molecule has 148 valence electrons. The molecule has 0 saturated heterocycles. The number of nitrogens with zero attached hydrogens (tertiary/aromatic N) is 1. The molecule has 0 bridgehead atoms. The Kier molecular flexibility index (Phi) is 12.4. The fourth-order valence-electron chi connectivity index (χ4n) is 3.12. The van der Waals surface area contributed by atoms with E-state index < -0.39 is 0 Å². The number of phenolic OH excluding ortho intramolecular Hbond substituents is 1. The maximum absolute atomic E-state index is 10.0. The Morgan fingerprint density at radius 2 is 1.46 bits per heavy atom. The molecule has 0 saturated carbocycles. The topological polar surface area (TPSA) is 62.0 Å². The quantitative estimate of drug-likeness (QED) is 0.158. The molecule has 0 fully saturated rings. The van der Waals surface area contributed by atoms with Crippen LogP contribution in [-0.4, -0.2) is 22.6 Å². The predicted molar refractivity (Wildman–Crippen MR) is 109 cm³/mol. The van der Waals surface area contributed by atoms with Crippen molar-refractivity contribution in [3.8, 4) is 11.5 Å². The fourth-order valence-corrected chi connectivity index (χ4v) is 3.12. The van der Waals surface area contributed by atoms with Crippen molar-refractivity contribution in [1.82, 2.24) is 0 Å².